The average molecular weight is 314 g/mol. The van der Waals surface area contributed by atoms with Crippen LogP contribution in [0.25, 0.3) is 0 Å². The Morgan fingerprint density at radius 1 is 1.09 bits per heavy atom. The van der Waals surface area contributed by atoms with Crippen LogP contribution in [0, 0.1) is 11.3 Å². The zero-order chi connectivity index (χ0) is 16.2. The van der Waals surface area contributed by atoms with Gasteiger partial charge < -0.3 is 14.5 Å². The molecule has 124 valence electrons. The Kier molecular flexibility index (Phi) is 5.04. The molecule has 2 saturated heterocycles. The number of likely N-dealkylation sites (N-methyl/N-ethyl adjacent to an activating group) is 1. The zero-order valence-corrected chi connectivity index (χ0v) is 14.2. The highest BCUT2D eigenvalue weighted by Gasteiger charge is 2.27. The molecule has 0 aliphatic carbocycles. The number of methoxy groups -OCH3 is 1. The molecule has 0 bridgehead atoms. The van der Waals surface area contributed by atoms with Crippen LogP contribution in [-0.2, 0) is 0 Å². The number of ether oxygens (including phenoxy) is 1. The van der Waals surface area contributed by atoms with Crippen LogP contribution in [0.15, 0.2) is 18.2 Å². The summed E-state index contributed by atoms with van der Waals surface area (Å²) in [6, 6.07) is 8.72. The van der Waals surface area contributed by atoms with Crippen molar-refractivity contribution >= 4 is 5.69 Å². The van der Waals surface area contributed by atoms with Crippen molar-refractivity contribution in [3.05, 3.63) is 23.8 Å². The summed E-state index contributed by atoms with van der Waals surface area (Å²) in [5.74, 6) is 0.820. The van der Waals surface area contributed by atoms with Gasteiger partial charge in [0.25, 0.3) is 0 Å². The first-order valence-electron chi connectivity index (χ1n) is 8.47. The van der Waals surface area contributed by atoms with Crippen molar-refractivity contribution in [2.75, 3.05) is 58.3 Å². The molecule has 1 aromatic rings. The molecule has 2 aliphatic rings. The van der Waals surface area contributed by atoms with Crippen LogP contribution in [0.1, 0.15) is 18.4 Å². The van der Waals surface area contributed by atoms with E-state index in [2.05, 4.69) is 27.8 Å². The van der Waals surface area contributed by atoms with E-state index in [0.29, 0.717) is 6.04 Å². The third kappa shape index (κ3) is 3.60. The molecule has 2 heterocycles. The standard InChI is InChI=1S/C18H26N4O/c1-20-9-11-21(12-10-20)16-5-7-22(8-6-16)18-13-17(23-2)4-3-15(18)14-19/h3-4,13,16H,5-12H2,1-2H3. The van der Waals surface area contributed by atoms with E-state index in [9.17, 15) is 5.26 Å². The Morgan fingerprint density at radius 2 is 1.78 bits per heavy atom. The molecule has 0 saturated carbocycles. The first-order chi connectivity index (χ1) is 11.2. The summed E-state index contributed by atoms with van der Waals surface area (Å²) in [7, 11) is 3.87. The lowest BCUT2D eigenvalue weighted by Crippen LogP contribution is -2.52. The van der Waals surface area contributed by atoms with Crippen LogP contribution in [0.5, 0.6) is 5.75 Å². The Morgan fingerprint density at radius 3 is 2.39 bits per heavy atom. The van der Waals surface area contributed by atoms with E-state index in [1.165, 1.54) is 39.0 Å². The molecule has 0 N–H and O–H groups in total. The highest BCUT2D eigenvalue weighted by molar-refractivity contribution is 5.62. The van der Waals surface area contributed by atoms with Crippen molar-refractivity contribution in [2.24, 2.45) is 0 Å². The van der Waals surface area contributed by atoms with Crippen molar-refractivity contribution in [3.63, 3.8) is 0 Å². The molecule has 5 heteroatoms. The lowest BCUT2D eigenvalue weighted by molar-refractivity contribution is 0.0982. The number of rotatable bonds is 3. The normalized spacial score (nSPS) is 21.2. The van der Waals surface area contributed by atoms with Gasteiger partial charge in [-0.2, -0.15) is 5.26 Å². The second-order valence-corrected chi connectivity index (χ2v) is 6.55. The van der Waals surface area contributed by atoms with E-state index in [1.54, 1.807) is 7.11 Å². The van der Waals surface area contributed by atoms with Crippen LogP contribution in [-0.4, -0.2) is 69.3 Å². The SMILES string of the molecule is COc1ccc(C#N)c(N2CCC(N3CCN(C)CC3)CC2)c1. The minimum absolute atomic E-state index is 0.691. The molecule has 0 radical (unpaired) electrons. The Bertz CT molecular complexity index is 567. The first kappa shape index (κ1) is 16.1. The van der Waals surface area contributed by atoms with E-state index in [1.807, 2.05) is 18.2 Å². The third-order valence-corrected chi connectivity index (χ3v) is 5.18. The molecule has 0 atom stereocenters. The van der Waals surface area contributed by atoms with E-state index in [-0.39, 0.29) is 0 Å². The summed E-state index contributed by atoms with van der Waals surface area (Å²) in [5.41, 5.74) is 1.76. The third-order valence-electron chi connectivity index (χ3n) is 5.18. The van der Waals surface area contributed by atoms with E-state index in [4.69, 9.17) is 4.74 Å². The molecular weight excluding hydrogens is 288 g/mol. The minimum atomic E-state index is 0.691. The summed E-state index contributed by atoms with van der Waals surface area (Å²) >= 11 is 0. The summed E-state index contributed by atoms with van der Waals surface area (Å²) in [5, 5.41) is 9.36. The van der Waals surface area contributed by atoms with Gasteiger partial charge in [0, 0.05) is 51.4 Å². The van der Waals surface area contributed by atoms with Gasteiger partial charge in [-0.1, -0.05) is 0 Å². The van der Waals surface area contributed by atoms with Crippen molar-refractivity contribution < 1.29 is 4.74 Å². The van der Waals surface area contributed by atoms with Gasteiger partial charge in [0.15, 0.2) is 0 Å². The smallest absolute Gasteiger partial charge is 0.121 e. The zero-order valence-electron chi connectivity index (χ0n) is 14.2. The van der Waals surface area contributed by atoms with Crippen LogP contribution < -0.4 is 9.64 Å². The fraction of sp³-hybridized carbons (Fsp3) is 0.611. The Balaban J connectivity index is 1.64. The van der Waals surface area contributed by atoms with Gasteiger partial charge in [0.1, 0.15) is 11.8 Å². The van der Waals surface area contributed by atoms with Crippen LogP contribution in [0.3, 0.4) is 0 Å². The summed E-state index contributed by atoms with van der Waals surface area (Å²) < 4.78 is 5.32. The monoisotopic (exact) mass is 314 g/mol. The Hall–Kier alpha value is -1.77. The van der Waals surface area contributed by atoms with Crippen molar-refractivity contribution in [3.8, 4) is 11.8 Å². The molecule has 0 unspecified atom stereocenters. The van der Waals surface area contributed by atoms with Gasteiger partial charge in [-0.05, 0) is 32.0 Å². The van der Waals surface area contributed by atoms with E-state index >= 15 is 0 Å². The molecule has 0 amide bonds. The highest BCUT2D eigenvalue weighted by atomic mass is 16.5. The predicted molar refractivity (Wildman–Crippen MR) is 92.0 cm³/mol. The lowest BCUT2D eigenvalue weighted by atomic mass is 10.0. The van der Waals surface area contributed by atoms with Crippen LogP contribution in [0.2, 0.25) is 0 Å². The largest absolute Gasteiger partial charge is 0.497 e. The molecule has 3 rings (SSSR count). The van der Waals surface area contributed by atoms with Gasteiger partial charge in [-0.15, -0.1) is 0 Å². The maximum atomic E-state index is 9.36. The van der Waals surface area contributed by atoms with Crippen molar-refractivity contribution in [1.82, 2.24) is 9.80 Å². The number of benzene rings is 1. The Labute approximate surface area is 139 Å². The number of nitrogens with zero attached hydrogens (tertiary/aromatic N) is 4. The number of hydrogen-bond donors (Lipinski definition) is 0. The van der Waals surface area contributed by atoms with Gasteiger partial charge in [-0.3, -0.25) is 4.90 Å². The van der Waals surface area contributed by atoms with Crippen molar-refractivity contribution in [2.45, 2.75) is 18.9 Å². The van der Waals surface area contributed by atoms with Gasteiger partial charge in [0.2, 0.25) is 0 Å². The number of piperazine rings is 1. The minimum Gasteiger partial charge on any atom is -0.497 e. The molecule has 0 spiro atoms. The fourth-order valence-electron chi connectivity index (χ4n) is 3.65. The van der Waals surface area contributed by atoms with E-state index in [0.717, 1.165) is 30.1 Å². The van der Waals surface area contributed by atoms with Crippen LogP contribution >= 0.6 is 0 Å². The van der Waals surface area contributed by atoms with Gasteiger partial charge >= 0.3 is 0 Å². The maximum Gasteiger partial charge on any atom is 0.121 e. The predicted octanol–water partition coefficient (Wildman–Crippen LogP) is 1.78. The van der Waals surface area contributed by atoms with Crippen molar-refractivity contribution in [1.29, 1.82) is 5.26 Å². The fourth-order valence-corrected chi connectivity index (χ4v) is 3.65. The summed E-state index contributed by atoms with van der Waals surface area (Å²) in [6.07, 6.45) is 2.34. The van der Waals surface area contributed by atoms with Gasteiger partial charge in [-0.25, -0.2) is 0 Å². The second-order valence-electron chi connectivity index (χ2n) is 6.55. The molecule has 2 fully saturated rings. The number of piperidine rings is 1. The summed E-state index contributed by atoms with van der Waals surface area (Å²) in [6.45, 7) is 6.74. The molecule has 5 nitrogen and oxygen atoms in total. The van der Waals surface area contributed by atoms with Gasteiger partial charge in [0.05, 0.1) is 18.4 Å². The quantitative estimate of drug-likeness (QED) is 0.851. The highest BCUT2D eigenvalue weighted by Crippen LogP contribution is 2.29. The number of nitriles is 1. The topological polar surface area (TPSA) is 42.7 Å². The second kappa shape index (κ2) is 7.20. The molecule has 1 aromatic carbocycles. The molecular formula is C18H26N4O. The molecule has 23 heavy (non-hydrogen) atoms. The summed E-state index contributed by atoms with van der Waals surface area (Å²) in [4.78, 5) is 7.39. The number of hydrogen-bond acceptors (Lipinski definition) is 5. The number of anilines is 1. The first-order valence-corrected chi connectivity index (χ1v) is 8.47. The van der Waals surface area contributed by atoms with Crippen LogP contribution in [0.4, 0.5) is 5.69 Å². The maximum absolute atomic E-state index is 9.36. The lowest BCUT2D eigenvalue weighted by Gasteiger charge is -2.42. The van der Waals surface area contributed by atoms with E-state index < -0.39 is 0 Å². The molecule has 2 aliphatic heterocycles. The average Bonchev–Trinajstić information content (AvgIpc) is 2.62. The molecule has 0 aromatic heterocycles.